The molecule has 0 aliphatic carbocycles. The Morgan fingerprint density at radius 3 is 1.90 bits per heavy atom. The molecule has 0 fully saturated rings. The topological polar surface area (TPSA) is 312 Å². The zero-order chi connectivity index (χ0) is 51.4. The van der Waals surface area contributed by atoms with E-state index in [9.17, 15) is 40.2 Å². The Balaban J connectivity index is 0.00000481. The van der Waals surface area contributed by atoms with Crippen LogP contribution in [0.5, 0.6) is 5.75 Å². The van der Waals surface area contributed by atoms with Gasteiger partial charge in [-0.25, -0.2) is 31.0 Å². The van der Waals surface area contributed by atoms with Crippen LogP contribution < -0.4 is 128 Å². The summed E-state index contributed by atoms with van der Waals surface area (Å²) in [6, 6.07) is 16.3. The van der Waals surface area contributed by atoms with Crippen molar-refractivity contribution < 1.29 is 142 Å². The number of nitrogens with two attached hydrogens (primary N) is 1. The Hall–Kier alpha value is -3.87. The number of thiazole rings is 1. The number of aromatic nitrogens is 4. The van der Waals surface area contributed by atoms with Crippen LogP contribution in [0.1, 0.15) is 81.3 Å². The molecule has 7 aromatic rings. The number of nitrogens with one attached hydrogen (secondary N) is 3. The van der Waals surface area contributed by atoms with Gasteiger partial charge in [-0.05, 0) is 113 Å². The van der Waals surface area contributed by atoms with Crippen LogP contribution in [0.15, 0.2) is 80.7 Å². The average Bonchev–Trinajstić information content (AvgIpc) is 3.84. The van der Waals surface area contributed by atoms with Crippen molar-refractivity contribution in [2.45, 2.75) is 84.4 Å². The van der Waals surface area contributed by atoms with Crippen molar-refractivity contribution in [2.24, 2.45) is 16.0 Å². The fourth-order valence-corrected chi connectivity index (χ4v) is 10.8. The van der Waals surface area contributed by atoms with Crippen molar-refractivity contribution in [3.05, 3.63) is 116 Å². The summed E-state index contributed by atoms with van der Waals surface area (Å²) in [6.07, 6.45) is 0. The minimum Gasteiger partial charge on any atom is -0.744 e. The standard InChI is InChI=1S/C46H47N11O9S4.2K/c1-22-15-24(3)37(25(4)16-22)50-42-36(41(48)58)28(7)39(43(52-42)51-38-26(5)17-23(2)18-27(38)6)53-54-44-31(21-47)40(46(8,9)10)55-57(44)45-49-32-13-11-29(20-35(32)67-45)69(61,62)56-33-19-30(70(63,64)65)12-14-34(33)66-68(59)60;;/h11-20,56H,1-10H3,(H2,48,58)(H,59,60)(H2,50,51,52)(H,63,64,65);;/q;2*+1/p-2. The predicted molar refractivity (Wildman–Crippen MR) is 264 cm³/mol. The number of hydrogen-bond acceptors (Lipinski definition) is 18. The van der Waals surface area contributed by atoms with Gasteiger partial charge in [-0.15, -0.1) is 10.2 Å². The molecule has 0 aliphatic rings. The van der Waals surface area contributed by atoms with E-state index in [1.807, 2.05) is 86.6 Å². The number of benzene rings is 4. The molecule has 3 aromatic heterocycles. The number of primary amides is 1. The number of carbonyl (C=O) groups excluding carboxylic acids is 1. The summed E-state index contributed by atoms with van der Waals surface area (Å²) in [7, 11) is -9.72. The van der Waals surface area contributed by atoms with Crippen LogP contribution in [0.3, 0.4) is 0 Å². The number of pyridine rings is 1. The fraction of sp³-hybridized carbons (Fsp3) is 0.239. The molecule has 3 heterocycles. The third-order valence-electron chi connectivity index (χ3n) is 10.9. The Morgan fingerprint density at radius 1 is 0.833 bits per heavy atom. The van der Waals surface area contributed by atoms with Crippen LogP contribution in [0.25, 0.3) is 15.3 Å². The van der Waals surface area contributed by atoms with Crippen LogP contribution in [0.4, 0.5) is 40.2 Å². The van der Waals surface area contributed by atoms with Crippen LogP contribution in [-0.2, 0) is 36.9 Å². The van der Waals surface area contributed by atoms with E-state index in [1.165, 1.54) is 22.9 Å². The molecule has 0 saturated carbocycles. The molecule has 1 atom stereocenters. The summed E-state index contributed by atoms with van der Waals surface area (Å²) in [5.74, 6) is -1.07. The maximum atomic E-state index is 13.7. The number of aryl methyl sites for hydroxylation is 6. The van der Waals surface area contributed by atoms with Crippen LogP contribution in [0, 0.1) is 59.8 Å². The van der Waals surface area contributed by atoms with Gasteiger partial charge < -0.3 is 29.7 Å². The van der Waals surface area contributed by atoms with Gasteiger partial charge in [0, 0.05) is 16.8 Å². The summed E-state index contributed by atoms with van der Waals surface area (Å²) in [6.45, 7) is 19.0. The first-order chi connectivity index (χ1) is 32.7. The van der Waals surface area contributed by atoms with E-state index in [0.717, 1.165) is 68.2 Å². The number of amides is 1. The molecular weight excluding hydrogens is 1060 g/mol. The van der Waals surface area contributed by atoms with Crippen LogP contribution >= 0.6 is 11.3 Å². The predicted octanol–water partition coefficient (Wildman–Crippen LogP) is 3.09. The van der Waals surface area contributed by atoms with Gasteiger partial charge in [-0.2, -0.15) is 15.0 Å². The normalized spacial score (nSPS) is 12.2. The smallest absolute Gasteiger partial charge is 0.744 e. The molecule has 0 spiro atoms. The summed E-state index contributed by atoms with van der Waals surface area (Å²) >= 11 is -2.23. The number of hydrogen-bond donors (Lipinski definition) is 4. The third kappa shape index (κ3) is 12.8. The first-order valence-corrected chi connectivity index (χ1v) is 25.7. The van der Waals surface area contributed by atoms with E-state index < -0.39 is 59.2 Å². The Bertz CT molecular complexity index is 3620. The number of fused-ring (bicyclic) bond motifs is 1. The van der Waals surface area contributed by atoms with Crippen molar-refractivity contribution in [1.29, 1.82) is 5.26 Å². The molecule has 1 amide bonds. The minimum absolute atomic E-state index is 0. The largest absolute Gasteiger partial charge is 1.00 e. The Labute approximate surface area is 508 Å². The summed E-state index contributed by atoms with van der Waals surface area (Å²) in [5, 5.41) is 31.8. The van der Waals surface area contributed by atoms with Crippen molar-refractivity contribution in [2.75, 3.05) is 15.4 Å². The van der Waals surface area contributed by atoms with E-state index in [2.05, 4.69) is 30.7 Å². The summed E-state index contributed by atoms with van der Waals surface area (Å²) in [5.41, 5.74) is 13.0. The van der Waals surface area contributed by atoms with Gasteiger partial charge in [0.2, 0.25) is 5.13 Å². The van der Waals surface area contributed by atoms with Crippen molar-refractivity contribution in [3.8, 4) is 17.0 Å². The second kappa shape index (κ2) is 22.9. The van der Waals surface area contributed by atoms with Gasteiger partial charge in [0.05, 0.1) is 37.0 Å². The molecular formula is C46H45K2N11O9S4. The molecule has 0 bridgehead atoms. The second-order valence-corrected chi connectivity index (χ2v) is 22.1. The van der Waals surface area contributed by atoms with Crippen LogP contribution in [-0.4, -0.2) is 55.8 Å². The van der Waals surface area contributed by atoms with E-state index in [0.29, 0.717) is 27.5 Å². The maximum Gasteiger partial charge on any atom is 1.00 e. The molecule has 0 radical (unpaired) electrons. The van der Waals surface area contributed by atoms with Crippen molar-refractivity contribution in [1.82, 2.24) is 19.7 Å². The molecule has 5 N–H and O–H groups in total. The molecule has 4 aromatic carbocycles. The van der Waals surface area contributed by atoms with Gasteiger partial charge in [-0.3, -0.25) is 9.52 Å². The van der Waals surface area contributed by atoms with E-state index in [-0.39, 0.29) is 147 Å². The molecule has 26 heteroatoms. The molecule has 20 nitrogen and oxygen atoms in total. The van der Waals surface area contributed by atoms with E-state index in [4.69, 9.17) is 25.9 Å². The molecule has 7 rings (SSSR count). The molecule has 72 heavy (non-hydrogen) atoms. The van der Waals surface area contributed by atoms with Crippen LogP contribution in [0.2, 0.25) is 0 Å². The van der Waals surface area contributed by atoms with E-state index >= 15 is 0 Å². The monoisotopic (exact) mass is 1100 g/mol. The third-order valence-corrected chi connectivity index (χ3v) is 14.4. The SMILES string of the molecule is Cc1cc(C)c(Nc2nc(Nc3c(C)cc(C)cc3C)c(C(N)=O)c(C)c2N=Nc2c(C#N)c(C(C)(C)C)nn2-c2nc3ccc(S(=O)(=O)Nc4cc(S(=O)(=O)[O-])ccc4OS(=O)[O-])cc3s2)c(C)c1.[K+].[K+]. The Kier molecular flexibility index (Phi) is 18.8. The second-order valence-electron chi connectivity index (χ2n) is 17.5. The van der Waals surface area contributed by atoms with E-state index in [1.54, 1.807) is 6.92 Å². The number of rotatable bonds is 14. The first-order valence-electron chi connectivity index (χ1n) is 21.0. The molecule has 0 saturated heterocycles. The summed E-state index contributed by atoms with van der Waals surface area (Å²) in [4.78, 5) is 21.8. The quantitative estimate of drug-likeness (QED) is 0.0526. The van der Waals surface area contributed by atoms with Gasteiger partial charge in [0.15, 0.2) is 17.4 Å². The number of anilines is 5. The maximum absolute atomic E-state index is 13.7. The van der Waals surface area contributed by atoms with Crippen molar-refractivity contribution >= 4 is 99.2 Å². The van der Waals surface area contributed by atoms with Gasteiger partial charge >= 0.3 is 103 Å². The average molecular weight is 1100 g/mol. The zero-order valence-corrected chi connectivity index (χ0v) is 50.8. The van der Waals surface area contributed by atoms with Crippen molar-refractivity contribution in [3.63, 3.8) is 0 Å². The summed E-state index contributed by atoms with van der Waals surface area (Å²) < 4.78 is 93.8. The van der Waals surface area contributed by atoms with Gasteiger partial charge in [0.25, 0.3) is 15.9 Å². The first kappa shape index (κ1) is 59.0. The molecule has 364 valence electrons. The number of carbonyl (C=O) groups is 1. The number of sulfonamides is 1. The fourth-order valence-electron chi connectivity index (χ4n) is 7.89. The molecule has 1 unspecified atom stereocenters. The number of nitrogens with zero attached hydrogens (tertiary/aromatic N) is 7. The minimum atomic E-state index is -5.09. The molecule has 0 aliphatic heterocycles. The zero-order valence-electron chi connectivity index (χ0n) is 41.3. The number of nitriles is 1. The van der Waals surface area contributed by atoms with Gasteiger partial charge in [-0.1, -0.05) is 67.5 Å². The van der Waals surface area contributed by atoms with Gasteiger partial charge in [0.1, 0.15) is 44.6 Å². The number of azo groups is 1. The Morgan fingerprint density at radius 2 is 1.39 bits per heavy atom.